The zero-order valence-electron chi connectivity index (χ0n) is 13.5. The number of hydrogen-bond donors (Lipinski definition) is 1. The maximum absolute atomic E-state index is 12.5. The third-order valence-electron chi connectivity index (χ3n) is 3.54. The summed E-state index contributed by atoms with van der Waals surface area (Å²) in [5, 5.41) is 6.39. The molecule has 3 rings (SSSR count). The molecule has 0 spiro atoms. The molecule has 25 heavy (non-hydrogen) atoms. The lowest BCUT2D eigenvalue weighted by Gasteiger charge is -2.10. The molecule has 0 aliphatic rings. The van der Waals surface area contributed by atoms with Crippen LogP contribution in [0.1, 0.15) is 15.4 Å². The fraction of sp³-hybridized carbons (Fsp3) is 0.111. The summed E-state index contributed by atoms with van der Waals surface area (Å²) in [6.45, 7) is 1.94. The molecule has 1 N–H and O–H groups in total. The first-order valence-corrected chi connectivity index (χ1v) is 9.40. The Morgan fingerprint density at radius 3 is 2.72 bits per heavy atom. The van der Waals surface area contributed by atoms with Crippen LogP contribution in [0.4, 0.5) is 5.69 Å². The van der Waals surface area contributed by atoms with E-state index in [2.05, 4.69) is 26.2 Å². The highest BCUT2D eigenvalue weighted by molar-refractivity contribution is 9.10. The SMILES string of the molecule is COc1ccc(C(=O)Nc2ccc(Cl)c(-c3csc(C)n3)c2)c(Br)c1. The highest BCUT2D eigenvalue weighted by Crippen LogP contribution is 2.32. The number of hydrogen-bond acceptors (Lipinski definition) is 4. The van der Waals surface area contributed by atoms with Crippen LogP contribution in [0.2, 0.25) is 5.02 Å². The van der Waals surface area contributed by atoms with Crippen molar-refractivity contribution in [3.63, 3.8) is 0 Å². The molecule has 4 nitrogen and oxygen atoms in total. The van der Waals surface area contributed by atoms with Gasteiger partial charge in [-0.1, -0.05) is 11.6 Å². The monoisotopic (exact) mass is 436 g/mol. The summed E-state index contributed by atoms with van der Waals surface area (Å²) in [4.78, 5) is 17.0. The van der Waals surface area contributed by atoms with E-state index >= 15 is 0 Å². The summed E-state index contributed by atoms with van der Waals surface area (Å²) in [6, 6.07) is 10.5. The maximum Gasteiger partial charge on any atom is 0.256 e. The fourth-order valence-electron chi connectivity index (χ4n) is 2.29. The second-order valence-electron chi connectivity index (χ2n) is 5.25. The second-order valence-corrected chi connectivity index (χ2v) is 7.57. The average Bonchev–Trinajstić information content (AvgIpc) is 3.02. The molecule has 0 bridgehead atoms. The van der Waals surface area contributed by atoms with Crippen molar-refractivity contribution in [2.75, 3.05) is 12.4 Å². The first kappa shape index (κ1) is 17.9. The number of aromatic nitrogens is 1. The normalized spacial score (nSPS) is 10.6. The van der Waals surface area contributed by atoms with E-state index in [1.54, 1.807) is 48.8 Å². The molecule has 2 aromatic carbocycles. The molecule has 0 atom stereocenters. The predicted octanol–water partition coefficient (Wildman–Crippen LogP) is 5.80. The largest absolute Gasteiger partial charge is 0.497 e. The van der Waals surface area contributed by atoms with Crippen LogP contribution in [0.3, 0.4) is 0 Å². The summed E-state index contributed by atoms with van der Waals surface area (Å²) in [5.74, 6) is 0.452. The number of nitrogens with one attached hydrogen (secondary N) is 1. The third-order valence-corrected chi connectivity index (χ3v) is 5.30. The number of aryl methyl sites for hydroxylation is 1. The Kier molecular flexibility index (Phi) is 5.42. The Morgan fingerprint density at radius 2 is 2.08 bits per heavy atom. The number of nitrogens with zero attached hydrogens (tertiary/aromatic N) is 1. The van der Waals surface area contributed by atoms with Gasteiger partial charge >= 0.3 is 0 Å². The number of ether oxygens (including phenoxy) is 1. The standard InChI is InChI=1S/C18H14BrClN2O2S/c1-10-21-17(9-25-10)14-7-11(3-6-16(14)20)22-18(23)13-5-4-12(24-2)8-15(13)19/h3-9H,1-2H3,(H,22,23). The lowest BCUT2D eigenvalue weighted by atomic mass is 10.1. The molecule has 3 aromatic rings. The average molecular weight is 438 g/mol. The predicted molar refractivity (Wildman–Crippen MR) is 106 cm³/mol. The van der Waals surface area contributed by atoms with Gasteiger partial charge in [-0.25, -0.2) is 4.98 Å². The Balaban J connectivity index is 1.87. The van der Waals surface area contributed by atoms with E-state index in [4.69, 9.17) is 16.3 Å². The molecule has 1 heterocycles. The van der Waals surface area contributed by atoms with E-state index in [9.17, 15) is 4.79 Å². The minimum atomic E-state index is -0.225. The minimum absolute atomic E-state index is 0.225. The van der Waals surface area contributed by atoms with Crippen molar-refractivity contribution >= 4 is 50.5 Å². The molecule has 0 aliphatic carbocycles. The van der Waals surface area contributed by atoms with Crippen molar-refractivity contribution in [1.29, 1.82) is 0 Å². The van der Waals surface area contributed by atoms with E-state index < -0.39 is 0 Å². The van der Waals surface area contributed by atoms with E-state index in [1.807, 2.05) is 18.4 Å². The molecule has 0 radical (unpaired) electrons. The number of rotatable bonds is 4. The molecule has 1 amide bonds. The molecule has 7 heteroatoms. The summed E-state index contributed by atoms with van der Waals surface area (Å²) in [6.07, 6.45) is 0. The van der Waals surface area contributed by atoms with Gasteiger partial charge in [-0.05, 0) is 59.3 Å². The van der Waals surface area contributed by atoms with Crippen LogP contribution < -0.4 is 10.1 Å². The lowest BCUT2D eigenvalue weighted by Crippen LogP contribution is -2.12. The van der Waals surface area contributed by atoms with Crippen LogP contribution in [0.15, 0.2) is 46.3 Å². The van der Waals surface area contributed by atoms with Crippen molar-refractivity contribution in [1.82, 2.24) is 4.98 Å². The molecule has 0 aliphatic heterocycles. The molecule has 0 saturated heterocycles. The number of amides is 1. The minimum Gasteiger partial charge on any atom is -0.497 e. The van der Waals surface area contributed by atoms with Crippen molar-refractivity contribution in [3.05, 3.63) is 61.8 Å². The molecular formula is C18H14BrClN2O2S. The van der Waals surface area contributed by atoms with Crippen LogP contribution in [-0.2, 0) is 0 Å². The fourth-order valence-corrected chi connectivity index (χ4v) is 3.66. The van der Waals surface area contributed by atoms with Crippen molar-refractivity contribution in [2.45, 2.75) is 6.92 Å². The topological polar surface area (TPSA) is 51.2 Å². The summed E-state index contributed by atoms with van der Waals surface area (Å²) in [5.41, 5.74) is 2.76. The number of halogens is 2. The third kappa shape index (κ3) is 4.03. The maximum atomic E-state index is 12.5. The zero-order chi connectivity index (χ0) is 18.0. The van der Waals surface area contributed by atoms with Crippen molar-refractivity contribution in [2.24, 2.45) is 0 Å². The van der Waals surface area contributed by atoms with Gasteiger partial charge in [0.1, 0.15) is 5.75 Å². The summed E-state index contributed by atoms with van der Waals surface area (Å²) >= 11 is 11.2. The van der Waals surface area contributed by atoms with Gasteiger partial charge in [0.15, 0.2) is 0 Å². The van der Waals surface area contributed by atoms with Gasteiger partial charge < -0.3 is 10.1 Å². The van der Waals surface area contributed by atoms with Crippen molar-refractivity contribution in [3.8, 4) is 17.0 Å². The number of benzene rings is 2. The Morgan fingerprint density at radius 1 is 1.28 bits per heavy atom. The summed E-state index contributed by atoms with van der Waals surface area (Å²) < 4.78 is 5.81. The van der Waals surface area contributed by atoms with E-state index in [-0.39, 0.29) is 5.91 Å². The van der Waals surface area contributed by atoms with E-state index in [0.29, 0.717) is 26.5 Å². The molecule has 128 valence electrons. The lowest BCUT2D eigenvalue weighted by molar-refractivity contribution is 0.102. The Bertz CT molecular complexity index is 943. The van der Waals surface area contributed by atoms with Crippen LogP contribution in [0, 0.1) is 6.92 Å². The van der Waals surface area contributed by atoms with Gasteiger partial charge in [0.2, 0.25) is 0 Å². The van der Waals surface area contributed by atoms with Crippen LogP contribution >= 0.6 is 38.9 Å². The van der Waals surface area contributed by atoms with Crippen LogP contribution in [0.25, 0.3) is 11.3 Å². The first-order chi connectivity index (χ1) is 12.0. The Hall–Kier alpha value is -1.89. The number of carbonyl (C=O) groups excluding carboxylic acids is 1. The highest BCUT2D eigenvalue weighted by Gasteiger charge is 2.13. The van der Waals surface area contributed by atoms with Gasteiger partial charge in [0.25, 0.3) is 5.91 Å². The second kappa shape index (κ2) is 7.56. The zero-order valence-corrected chi connectivity index (χ0v) is 16.6. The number of carbonyl (C=O) groups is 1. The van der Waals surface area contributed by atoms with Crippen LogP contribution in [0.5, 0.6) is 5.75 Å². The number of anilines is 1. The quantitative estimate of drug-likeness (QED) is 0.561. The van der Waals surface area contributed by atoms with E-state index in [1.165, 1.54) is 0 Å². The molecule has 1 aromatic heterocycles. The first-order valence-electron chi connectivity index (χ1n) is 7.35. The smallest absolute Gasteiger partial charge is 0.256 e. The van der Waals surface area contributed by atoms with E-state index in [0.717, 1.165) is 16.3 Å². The highest BCUT2D eigenvalue weighted by atomic mass is 79.9. The van der Waals surface area contributed by atoms with Gasteiger partial charge in [0.05, 0.1) is 28.4 Å². The Labute approximate surface area is 162 Å². The molecule has 0 unspecified atom stereocenters. The van der Waals surface area contributed by atoms with Gasteiger partial charge in [-0.3, -0.25) is 4.79 Å². The number of thiazole rings is 1. The molecule has 0 saturated carbocycles. The van der Waals surface area contributed by atoms with Gasteiger partial charge in [0, 0.05) is 21.1 Å². The van der Waals surface area contributed by atoms with Crippen LogP contribution in [-0.4, -0.2) is 18.0 Å². The van der Waals surface area contributed by atoms with Gasteiger partial charge in [-0.2, -0.15) is 0 Å². The van der Waals surface area contributed by atoms with Crippen molar-refractivity contribution < 1.29 is 9.53 Å². The van der Waals surface area contributed by atoms with Gasteiger partial charge in [-0.15, -0.1) is 11.3 Å². The summed E-state index contributed by atoms with van der Waals surface area (Å²) in [7, 11) is 1.58. The molecule has 0 fully saturated rings. The number of methoxy groups -OCH3 is 1. The molecular weight excluding hydrogens is 424 g/mol.